The molecule has 0 unspecified atom stereocenters. The van der Waals surface area contributed by atoms with Gasteiger partial charge in [0, 0.05) is 16.8 Å². The minimum atomic E-state index is -0.277. The van der Waals surface area contributed by atoms with E-state index in [0.717, 1.165) is 5.56 Å². The molecule has 0 aliphatic carbocycles. The Morgan fingerprint density at radius 1 is 0.690 bits per heavy atom. The van der Waals surface area contributed by atoms with Crippen LogP contribution in [0.2, 0.25) is 0 Å². The molecule has 0 saturated carbocycles. The monoisotopic (exact) mass is 387 g/mol. The fraction of sp³-hybridized carbons (Fsp3) is 0.167. The van der Waals surface area contributed by atoms with Crippen molar-refractivity contribution in [2.75, 3.05) is 16.4 Å². The van der Waals surface area contributed by atoms with Crippen LogP contribution in [0.25, 0.3) is 0 Å². The highest BCUT2D eigenvalue weighted by molar-refractivity contribution is 6.10. The topological polar surface area (TPSA) is 84.2 Å². The number of nitrogen functional groups attached to an aromatic ring is 1. The first-order chi connectivity index (χ1) is 13.7. The number of nitrogens with two attached hydrogens (primary N) is 1. The maximum Gasteiger partial charge on any atom is 0.255 e. The van der Waals surface area contributed by atoms with Gasteiger partial charge >= 0.3 is 0 Å². The second-order valence-electron chi connectivity index (χ2n) is 7.90. The molecule has 148 valence electrons. The second-order valence-corrected chi connectivity index (χ2v) is 7.90. The zero-order chi connectivity index (χ0) is 21.0. The van der Waals surface area contributed by atoms with Crippen LogP contribution in [-0.4, -0.2) is 11.8 Å². The Labute approximate surface area is 170 Å². The van der Waals surface area contributed by atoms with Gasteiger partial charge in [0.05, 0.1) is 11.4 Å². The van der Waals surface area contributed by atoms with Crippen molar-refractivity contribution in [3.63, 3.8) is 0 Å². The first-order valence-electron chi connectivity index (χ1n) is 9.42. The number of hydrogen-bond donors (Lipinski definition) is 3. The van der Waals surface area contributed by atoms with E-state index in [2.05, 4.69) is 31.4 Å². The quantitative estimate of drug-likeness (QED) is 0.546. The number of rotatable bonds is 4. The summed E-state index contributed by atoms with van der Waals surface area (Å²) in [6.45, 7) is 6.38. The average Bonchev–Trinajstić information content (AvgIpc) is 2.69. The van der Waals surface area contributed by atoms with Gasteiger partial charge in [-0.3, -0.25) is 9.59 Å². The molecule has 0 bridgehead atoms. The number of anilines is 3. The summed E-state index contributed by atoms with van der Waals surface area (Å²) in [6.07, 6.45) is 0. The molecule has 0 heterocycles. The van der Waals surface area contributed by atoms with E-state index in [1.807, 2.05) is 24.3 Å². The van der Waals surface area contributed by atoms with E-state index >= 15 is 0 Å². The minimum absolute atomic E-state index is 0.0218. The third-order valence-electron chi connectivity index (χ3n) is 4.61. The summed E-state index contributed by atoms with van der Waals surface area (Å²) in [5.74, 6) is -0.513. The predicted molar refractivity (Wildman–Crippen MR) is 118 cm³/mol. The van der Waals surface area contributed by atoms with Gasteiger partial charge in [0.15, 0.2) is 0 Å². The SMILES string of the molecule is CC(C)(C)c1ccc(C(=O)Nc2ccccc2NC(=O)c2ccc(N)cc2)cc1. The van der Waals surface area contributed by atoms with Crippen LogP contribution < -0.4 is 16.4 Å². The lowest BCUT2D eigenvalue weighted by Crippen LogP contribution is -2.17. The van der Waals surface area contributed by atoms with Crippen molar-refractivity contribution in [2.45, 2.75) is 26.2 Å². The number of nitrogens with one attached hydrogen (secondary N) is 2. The Bertz CT molecular complexity index is 1020. The summed E-state index contributed by atoms with van der Waals surface area (Å²) in [7, 11) is 0. The summed E-state index contributed by atoms with van der Waals surface area (Å²) < 4.78 is 0. The van der Waals surface area contributed by atoms with Gasteiger partial charge in [-0.2, -0.15) is 0 Å². The third kappa shape index (κ3) is 5.02. The van der Waals surface area contributed by atoms with E-state index in [1.54, 1.807) is 48.5 Å². The molecular weight excluding hydrogens is 362 g/mol. The van der Waals surface area contributed by atoms with Crippen LogP contribution in [0.3, 0.4) is 0 Å². The Morgan fingerprint density at radius 2 is 1.10 bits per heavy atom. The minimum Gasteiger partial charge on any atom is -0.399 e. The van der Waals surface area contributed by atoms with Crippen LogP contribution in [-0.2, 0) is 5.41 Å². The van der Waals surface area contributed by atoms with E-state index in [-0.39, 0.29) is 17.2 Å². The maximum atomic E-state index is 12.7. The molecule has 0 atom stereocenters. The van der Waals surface area contributed by atoms with Crippen molar-refractivity contribution in [3.8, 4) is 0 Å². The van der Waals surface area contributed by atoms with Crippen LogP contribution >= 0.6 is 0 Å². The number of benzene rings is 3. The molecule has 3 aromatic rings. The molecule has 0 saturated heterocycles. The molecule has 0 spiro atoms. The molecule has 2 amide bonds. The first-order valence-corrected chi connectivity index (χ1v) is 9.42. The molecule has 0 radical (unpaired) electrons. The van der Waals surface area contributed by atoms with Crippen molar-refractivity contribution in [3.05, 3.63) is 89.5 Å². The smallest absolute Gasteiger partial charge is 0.255 e. The highest BCUT2D eigenvalue weighted by atomic mass is 16.2. The zero-order valence-corrected chi connectivity index (χ0v) is 16.8. The number of para-hydroxylation sites is 2. The Kier molecular flexibility index (Phi) is 5.69. The van der Waals surface area contributed by atoms with Gasteiger partial charge in [-0.15, -0.1) is 0 Å². The lowest BCUT2D eigenvalue weighted by atomic mass is 9.87. The van der Waals surface area contributed by atoms with Crippen molar-refractivity contribution in [1.29, 1.82) is 0 Å². The van der Waals surface area contributed by atoms with E-state index in [9.17, 15) is 9.59 Å². The van der Waals surface area contributed by atoms with Crippen LogP contribution in [0, 0.1) is 0 Å². The molecule has 0 fully saturated rings. The molecule has 4 N–H and O–H groups in total. The molecule has 0 aliphatic heterocycles. The van der Waals surface area contributed by atoms with Gasteiger partial charge in [-0.05, 0) is 59.5 Å². The largest absolute Gasteiger partial charge is 0.399 e. The predicted octanol–water partition coefficient (Wildman–Crippen LogP) is 5.07. The fourth-order valence-electron chi connectivity index (χ4n) is 2.85. The highest BCUT2D eigenvalue weighted by Crippen LogP contribution is 2.25. The summed E-state index contributed by atoms with van der Waals surface area (Å²) in [6, 6.07) is 21.3. The van der Waals surface area contributed by atoms with Crippen LogP contribution in [0.5, 0.6) is 0 Å². The first kappa shape index (κ1) is 20.1. The number of hydrogen-bond acceptors (Lipinski definition) is 3. The lowest BCUT2D eigenvalue weighted by Gasteiger charge is -2.19. The summed E-state index contributed by atoms with van der Waals surface area (Å²) in [4.78, 5) is 25.2. The maximum absolute atomic E-state index is 12.7. The van der Waals surface area contributed by atoms with E-state index in [4.69, 9.17) is 5.73 Å². The van der Waals surface area contributed by atoms with E-state index in [0.29, 0.717) is 28.2 Å². The molecule has 0 aromatic heterocycles. The summed E-state index contributed by atoms with van der Waals surface area (Å²) >= 11 is 0. The zero-order valence-electron chi connectivity index (χ0n) is 16.8. The molecule has 0 aliphatic rings. The normalized spacial score (nSPS) is 11.0. The third-order valence-corrected chi connectivity index (χ3v) is 4.61. The standard InChI is InChI=1S/C24H25N3O2/c1-24(2,3)18-12-8-16(9-13-18)22(28)26-20-6-4-5-7-21(20)27-23(29)17-10-14-19(25)15-11-17/h4-15H,25H2,1-3H3,(H,26,28)(H,27,29). The summed E-state index contributed by atoms with van der Waals surface area (Å²) in [5, 5.41) is 5.71. The van der Waals surface area contributed by atoms with Crippen LogP contribution in [0.15, 0.2) is 72.8 Å². The fourth-order valence-corrected chi connectivity index (χ4v) is 2.85. The van der Waals surface area contributed by atoms with Crippen LogP contribution in [0.4, 0.5) is 17.1 Å². The van der Waals surface area contributed by atoms with Gasteiger partial charge in [-0.25, -0.2) is 0 Å². The van der Waals surface area contributed by atoms with Crippen molar-refractivity contribution in [2.24, 2.45) is 0 Å². The van der Waals surface area contributed by atoms with Gasteiger partial charge in [0.25, 0.3) is 11.8 Å². The number of carbonyl (C=O) groups is 2. The molecule has 5 nitrogen and oxygen atoms in total. The molecular formula is C24H25N3O2. The Hall–Kier alpha value is -3.60. The van der Waals surface area contributed by atoms with Crippen LogP contribution in [0.1, 0.15) is 47.1 Å². The Balaban J connectivity index is 1.75. The van der Waals surface area contributed by atoms with E-state index in [1.165, 1.54) is 0 Å². The molecule has 3 rings (SSSR count). The second kappa shape index (κ2) is 8.19. The molecule has 29 heavy (non-hydrogen) atoms. The lowest BCUT2D eigenvalue weighted by molar-refractivity contribution is 0.101. The molecule has 5 heteroatoms. The van der Waals surface area contributed by atoms with Crippen molar-refractivity contribution < 1.29 is 9.59 Å². The Morgan fingerprint density at radius 3 is 1.52 bits per heavy atom. The van der Waals surface area contributed by atoms with Crippen molar-refractivity contribution in [1.82, 2.24) is 0 Å². The van der Waals surface area contributed by atoms with Gasteiger partial charge in [0.1, 0.15) is 0 Å². The average molecular weight is 387 g/mol. The summed E-state index contributed by atoms with van der Waals surface area (Å²) in [5.41, 5.74) is 9.53. The number of amides is 2. The molecule has 3 aromatic carbocycles. The van der Waals surface area contributed by atoms with Gasteiger partial charge in [-0.1, -0.05) is 45.0 Å². The van der Waals surface area contributed by atoms with Crippen molar-refractivity contribution >= 4 is 28.9 Å². The van der Waals surface area contributed by atoms with Gasteiger partial charge < -0.3 is 16.4 Å². The number of carbonyl (C=O) groups excluding carboxylic acids is 2. The van der Waals surface area contributed by atoms with E-state index < -0.39 is 0 Å². The van der Waals surface area contributed by atoms with Gasteiger partial charge in [0.2, 0.25) is 0 Å². The highest BCUT2D eigenvalue weighted by Gasteiger charge is 2.15.